The van der Waals surface area contributed by atoms with Crippen LogP contribution in [0.4, 0.5) is 11.4 Å². The number of rotatable bonds is 3. The minimum absolute atomic E-state index is 0.151. The molecule has 2 aliphatic rings. The molecule has 2 aromatic carbocycles. The van der Waals surface area contributed by atoms with Crippen LogP contribution in [0.1, 0.15) is 11.3 Å². The molecule has 3 heterocycles. The number of fused-ring (bicyclic) bond motifs is 2. The SMILES string of the molecule is O[C@@H]1CCN(Cc2cc(-c3ccc4c(c3)Nc3ccccc3S4)cs2)C1. The summed E-state index contributed by atoms with van der Waals surface area (Å²) >= 11 is 3.63. The largest absolute Gasteiger partial charge is 0.392 e. The first-order chi connectivity index (χ1) is 12.7. The molecule has 0 aliphatic carbocycles. The molecule has 0 unspecified atom stereocenters. The van der Waals surface area contributed by atoms with Crippen molar-refractivity contribution in [3.63, 3.8) is 0 Å². The number of nitrogens with one attached hydrogen (secondary N) is 1. The predicted octanol–water partition coefficient (Wildman–Crippen LogP) is 5.19. The van der Waals surface area contributed by atoms with Gasteiger partial charge in [-0.15, -0.1) is 11.3 Å². The highest BCUT2D eigenvalue weighted by Gasteiger charge is 2.21. The number of aliphatic hydroxyl groups is 1. The number of hydrogen-bond donors (Lipinski definition) is 2. The van der Waals surface area contributed by atoms with Gasteiger partial charge in [0.15, 0.2) is 0 Å². The molecule has 1 aromatic heterocycles. The maximum Gasteiger partial charge on any atom is 0.0679 e. The first-order valence-electron chi connectivity index (χ1n) is 8.91. The molecule has 26 heavy (non-hydrogen) atoms. The number of aliphatic hydroxyl groups excluding tert-OH is 1. The summed E-state index contributed by atoms with van der Waals surface area (Å²) in [4.78, 5) is 6.24. The van der Waals surface area contributed by atoms with E-state index in [1.54, 1.807) is 0 Å². The minimum Gasteiger partial charge on any atom is -0.392 e. The molecule has 1 atom stereocenters. The van der Waals surface area contributed by atoms with Gasteiger partial charge in [-0.05, 0) is 53.3 Å². The summed E-state index contributed by atoms with van der Waals surface area (Å²) in [7, 11) is 0. The molecule has 132 valence electrons. The maximum absolute atomic E-state index is 9.70. The van der Waals surface area contributed by atoms with Gasteiger partial charge in [0.25, 0.3) is 0 Å². The molecule has 3 nitrogen and oxygen atoms in total. The number of nitrogens with zero attached hydrogens (tertiary/aromatic N) is 1. The molecule has 5 rings (SSSR count). The first-order valence-corrected chi connectivity index (χ1v) is 10.6. The number of hydrogen-bond acceptors (Lipinski definition) is 5. The molecule has 2 aliphatic heterocycles. The fourth-order valence-corrected chi connectivity index (χ4v) is 5.51. The number of anilines is 2. The Bertz CT molecular complexity index is 953. The molecule has 0 bridgehead atoms. The lowest BCUT2D eigenvalue weighted by atomic mass is 10.1. The van der Waals surface area contributed by atoms with Gasteiger partial charge in [0.05, 0.1) is 17.5 Å². The average molecular weight is 381 g/mol. The standard InChI is InChI=1S/C21H20N2OS2/c24-16-7-8-23(11-16)12-17-9-15(13-25-17)14-5-6-21-19(10-14)22-18-3-1-2-4-20(18)26-21/h1-6,9-10,13,16,22,24H,7-8,11-12H2/t16-/m1/s1. The van der Waals surface area contributed by atoms with Crippen LogP contribution in [-0.4, -0.2) is 29.2 Å². The maximum atomic E-state index is 9.70. The van der Waals surface area contributed by atoms with Gasteiger partial charge in [-0.25, -0.2) is 0 Å². The van der Waals surface area contributed by atoms with E-state index in [1.807, 2.05) is 23.1 Å². The van der Waals surface area contributed by atoms with Crippen molar-refractivity contribution in [2.45, 2.75) is 28.9 Å². The van der Waals surface area contributed by atoms with E-state index in [2.05, 4.69) is 64.1 Å². The van der Waals surface area contributed by atoms with Crippen LogP contribution < -0.4 is 5.32 Å². The van der Waals surface area contributed by atoms with Crippen molar-refractivity contribution in [3.05, 3.63) is 58.8 Å². The lowest BCUT2D eigenvalue weighted by Gasteiger charge is -2.21. The lowest BCUT2D eigenvalue weighted by molar-refractivity contribution is 0.175. The van der Waals surface area contributed by atoms with E-state index in [4.69, 9.17) is 0 Å². The third-order valence-corrected chi connectivity index (χ3v) is 7.04. The quantitative estimate of drug-likeness (QED) is 0.513. The Labute approximate surface area is 161 Å². The van der Waals surface area contributed by atoms with Crippen molar-refractivity contribution in [1.82, 2.24) is 4.90 Å². The van der Waals surface area contributed by atoms with Gasteiger partial charge in [-0.3, -0.25) is 4.90 Å². The van der Waals surface area contributed by atoms with Crippen LogP contribution >= 0.6 is 23.1 Å². The zero-order valence-electron chi connectivity index (χ0n) is 14.3. The van der Waals surface area contributed by atoms with Gasteiger partial charge in [0.2, 0.25) is 0 Å². The molecule has 3 aromatic rings. The summed E-state index contributed by atoms with van der Waals surface area (Å²) in [6.07, 6.45) is 0.745. The molecule has 1 saturated heterocycles. The third-order valence-electron chi connectivity index (χ3n) is 4.97. The Balaban J connectivity index is 1.37. The normalized spacial score (nSPS) is 19.0. The van der Waals surface area contributed by atoms with Crippen molar-refractivity contribution in [3.8, 4) is 11.1 Å². The summed E-state index contributed by atoms with van der Waals surface area (Å²) in [6.45, 7) is 2.73. The first kappa shape index (κ1) is 16.4. The second-order valence-corrected chi connectivity index (χ2v) is 8.99. The molecule has 0 saturated carbocycles. The van der Waals surface area contributed by atoms with Gasteiger partial charge in [-0.1, -0.05) is 30.0 Å². The van der Waals surface area contributed by atoms with Gasteiger partial charge >= 0.3 is 0 Å². The van der Waals surface area contributed by atoms with E-state index in [0.717, 1.165) is 26.1 Å². The second kappa shape index (κ2) is 6.74. The molecular weight excluding hydrogens is 360 g/mol. The zero-order chi connectivity index (χ0) is 17.5. The summed E-state index contributed by atoms with van der Waals surface area (Å²) < 4.78 is 0. The van der Waals surface area contributed by atoms with Crippen LogP contribution in [0.5, 0.6) is 0 Å². The summed E-state index contributed by atoms with van der Waals surface area (Å²) in [5.74, 6) is 0. The van der Waals surface area contributed by atoms with Crippen molar-refractivity contribution in [2.24, 2.45) is 0 Å². The highest BCUT2D eigenvalue weighted by atomic mass is 32.2. The molecule has 2 N–H and O–H groups in total. The van der Waals surface area contributed by atoms with E-state index in [-0.39, 0.29) is 6.10 Å². The van der Waals surface area contributed by atoms with E-state index in [1.165, 1.54) is 37.2 Å². The third kappa shape index (κ3) is 3.16. The Morgan fingerprint density at radius 2 is 1.92 bits per heavy atom. The van der Waals surface area contributed by atoms with Crippen LogP contribution in [-0.2, 0) is 6.54 Å². The number of para-hydroxylation sites is 1. The van der Waals surface area contributed by atoms with Crippen molar-refractivity contribution in [2.75, 3.05) is 18.4 Å². The predicted molar refractivity (Wildman–Crippen MR) is 110 cm³/mol. The number of thiophene rings is 1. The van der Waals surface area contributed by atoms with E-state index in [9.17, 15) is 5.11 Å². The van der Waals surface area contributed by atoms with Crippen LogP contribution in [0.2, 0.25) is 0 Å². The Morgan fingerprint density at radius 1 is 1.04 bits per heavy atom. The summed E-state index contributed by atoms with van der Waals surface area (Å²) in [5, 5.41) is 15.5. The topological polar surface area (TPSA) is 35.5 Å². The molecular formula is C21H20N2OS2. The van der Waals surface area contributed by atoms with Crippen molar-refractivity contribution < 1.29 is 5.11 Å². The lowest BCUT2D eigenvalue weighted by Crippen LogP contribution is -2.20. The van der Waals surface area contributed by atoms with Crippen molar-refractivity contribution in [1.29, 1.82) is 0 Å². The number of likely N-dealkylation sites (tertiary alicyclic amines) is 1. The molecule has 5 heteroatoms. The Kier molecular flexibility index (Phi) is 4.25. The van der Waals surface area contributed by atoms with Crippen LogP contribution in [0.25, 0.3) is 11.1 Å². The molecule has 0 amide bonds. The van der Waals surface area contributed by atoms with Crippen molar-refractivity contribution >= 4 is 34.5 Å². The van der Waals surface area contributed by atoms with E-state index < -0.39 is 0 Å². The van der Waals surface area contributed by atoms with Crippen LogP contribution in [0.3, 0.4) is 0 Å². The van der Waals surface area contributed by atoms with E-state index >= 15 is 0 Å². The smallest absolute Gasteiger partial charge is 0.0679 e. The number of β-amino-alcohol motifs (C(OH)–C–C–N with tert-alkyl or cyclic N) is 1. The number of benzene rings is 2. The molecule has 0 radical (unpaired) electrons. The fourth-order valence-electron chi connectivity index (χ4n) is 3.61. The average Bonchev–Trinajstić information content (AvgIpc) is 3.29. The zero-order valence-corrected chi connectivity index (χ0v) is 15.9. The van der Waals surface area contributed by atoms with Gasteiger partial charge in [-0.2, -0.15) is 0 Å². The van der Waals surface area contributed by atoms with Crippen LogP contribution in [0.15, 0.2) is 63.7 Å². The summed E-state index contributed by atoms with van der Waals surface area (Å²) in [5.41, 5.74) is 4.89. The van der Waals surface area contributed by atoms with Gasteiger partial charge < -0.3 is 10.4 Å². The second-order valence-electron chi connectivity index (χ2n) is 6.91. The monoisotopic (exact) mass is 380 g/mol. The fraction of sp³-hybridized carbons (Fsp3) is 0.238. The molecule has 0 spiro atoms. The van der Waals surface area contributed by atoms with Gasteiger partial charge in [0.1, 0.15) is 0 Å². The Morgan fingerprint density at radius 3 is 2.81 bits per heavy atom. The Hall–Kier alpha value is -1.79. The van der Waals surface area contributed by atoms with E-state index in [0.29, 0.717) is 0 Å². The summed E-state index contributed by atoms with van der Waals surface area (Å²) in [6, 6.07) is 17.4. The highest BCUT2D eigenvalue weighted by molar-refractivity contribution is 7.99. The minimum atomic E-state index is -0.151. The highest BCUT2D eigenvalue weighted by Crippen LogP contribution is 2.45. The van der Waals surface area contributed by atoms with Crippen LogP contribution in [0, 0.1) is 0 Å². The molecule has 1 fully saturated rings. The van der Waals surface area contributed by atoms with Gasteiger partial charge in [0, 0.05) is 34.3 Å².